The number of allylic oxidation sites excluding steroid dienone is 6. The highest BCUT2D eigenvalue weighted by Gasteiger charge is 1.47. The van der Waals surface area contributed by atoms with Crippen LogP contribution in [0.1, 0.15) is 0 Å². The molecule has 0 aromatic carbocycles. The molecule has 0 saturated carbocycles. The minimum atomic E-state index is 1.64. The van der Waals surface area contributed by atoms with Gasteiger partial charge in [0.25, 0.3) is 0 Å². The largest absolute Gasteiger partial charge is 0.0991 e. The lowest BCUT2D eigenvalue weighted by molar-refractivity contribution is 1.98. The summed E-state index contributed by atoms with van der Waals surface area (Å²) >= 11 is 0. The molecule has 0 heterocycles. The third-order valence-corrected chi connectivity index (χ3v) is 0.550. The van der Waals surface area contributed by atoms with E-state index in [4.69, 9.17) is 0 Å². The number of hydrogen-bond donors (Lipinski definition) is 0. The molecular weight excluding hydrogens is 120 g/mol. The van der Waals surface area contributed by atoms with Gasteiger partial charge in [-0.1, -0.05) is 62.8 Å². The Morgan fingerprint density at radius 3 is 0.900 bits per heavy atom. The fraction of sp³-hybridized carbons (Fsp3) is 0. The molecule has 0 heteroatoms. The van der Waals surface area contributed by atoms with Crippen LogP contribution in [0.25, 0.3) is 0 Å². The summed E-state index contributed by atoms with van der Waals surface area (Å²) in [6.45, 7) is 13.6. The number of hydrogen-bond acceptors (Lipinski definition) is 0. The Morgan fingerprint density at radius 1 is 0.500 bits per heavy atom. The van der Waals surface area contributed by atoms with E-state index in [-0.39, 0.29) is 0 Å². The van der Waals surface area contributed by atoms with Gasteiger partial charge in [0.1, 0.15) is 0 Å². The quantitative estimate of drug-likeness (QED) is 0.520. The lowest BCUT2D eigenvalue weighted by atomic mass is 10.5. The van der Waals surface area contributed by atoms with E-state index < -0.39 is 0 Å². The van der Waals surface area contributed by atoms with Gasteiger partial charge in [0.2, 0.25) is 0 Å². The van der Waals surface area contributed by atoms with Gasteiger partial charge in [-0.05, 0) is 0 Å². The van der Waals surface area contributed by atoms with Gasteiger partial charge < -0.3 is 0 Å². The van der Waals surface area contributed by atoms with E-state index in [9.17, 15) is 0 Å². The highest BCUT2D eigenvalue weighted by Crippen LogP contribution is 1.69. The van der Waals surface area contributed by atoms with E-state index in [1.165, 1.54) is 0 Å². The average molecular weight is 134 g/mol. The molecule has 0 spiro atoms. The first-order chi connectivity index (χ1) is 4.83. The van der Waals surface area contributed by atoms with Crippen molar-refractivity contribution in [1.29, 1.82) is 0 Å². The molecule has 0 saturated heterocycles. The van der Waals surface area contributed by atoms with Crippen molar-refractivity contribution in [3.05, 3.63) is 62.8 Å². The zero-order valence-electron chi connectivity index (χ0n) is 6.29. The Morgan fingerprint density at radius 2 is 0.800 bits per heavy atom. The predicted molar refractivity (Wildman–Crippen MR) is 49.9 cm³/mol. The molecule has 0 rings (SSSR count). The molecule has 0 aromatic rings. The minimum Gasteiger partial charge on any atom is -0.0991 e. The molecule has 0 N–H and O–H groups in total. The fourth-order valence-electron chi connectivity index (χ4n) is 0.157. The SMILES string of the molecule is C=CC=C.C=CC=CC=C. The van der Waals surface area contributed by atoms with Gasteiger partial charge in [-0.2, -0.15) is 0 Å². The first-order valence-corrected chi connectivity index (χ1v) is 2.97. The summed E-state index contributed by atoms with van der Waals surface area (Å²) < 4.78 is 0. The zero-order valence-corrected chi connectivity index (χ0v) is 6.29. The van der Waals surface area contributed by atoms with Gasteiger partial charge in [0.15, 0.2) is 0 Å². The van der Waals surface area contributed by atoms with Crippen molar-refractivity contribution in [2.75, 3.05) is 0 Å². The molecule has 54 valence electrons. The van der Waals surface area contributed by atoms with Crippen LogP contribution < -0.4 is 0 Å². The van der Waals surface area contributed by atoms with Gasteiger partial charge in [0, 0.05) is 0 Å². The van der Waals surface area contributed by atoms with E-state index in [1.807, 2.05) is 12.2 Å². The van der Waals surface area contributed by atoms with Crippen molar-refractivity contribution >= 4 is 0 Å². The average Bonchev–Trinajstić information content (AvgIpc) is 2.01. The molecule has 0 aliphatic rings. The summed E-state index contributed by atoms with van der Waals surface area (Å²) in [4.78, 5) is 0. The van der Waals surface area contributed by atoms with Crippen molar-refractivity contribution in [1.82, 2.24) is 0 Å². The monoisotopic (exact) mass is 134 g/mol. The highest BCUT2D eigenvalue weighted by atomic mass is 13.5. The van der Waals surface area contributed by atoms with Crippen LogP contribution in [-0.2, 0) is 0 Å². The molecule has 0 unspecified atom stereocenters. The highest BCUT2D eigenvalue weighted by molar-refractivity contribution is 5.05. The topological polar surface area (TPSA) is 0 Å². The maximum Gasteiger partial charge on any atom is -0.0629 e. The van der Waals surface area contributed by atoms with Crippen LogP contribution in [0.3, 0.4) is 0 Å². The first kappa shape index (κ1) is 11.5. The molecular formula is C10H14. The molecule has 0 amide bonds. The third kappa shape index (κ3) is 29.9. The summed E-state index contributed by atoms with van der Waals surface area (Å²) in [6, 6.07) is 0. The predicted octanol–water partition coefficient (Wildman–Crippen LogP) is 3.27. The summed E-state index contributed by atoms with van der Waals surface area (Å²) in [5.41, 5.74) is 0. The summed E-state index contributed by atoms with van der Waals surface area (Å²) in [7, 11) is 0. The van der Waals surface area contributed by atoms with Crippen molar-refractivity contribution in [3.8, 4) is 0 Å². The molecule has 0 aliphatic carbocycles. The molecule has 0 bridgehead atoms. The van der Waals surface area contributed by atoms with Crippen LogP contribution in [-0.4, -0.2) is 0 Å². The van der Waals surface area contributed by atoms with Crippen LogP contribution in [0.2, 0.25) is 0 Å². The van der Waals surface area contributed by atoms with E-state index in [1.54, 1.807) is 24.3 Å². The van der Waals surface area contributed by atoms with Gasteiger partial charge in [-0.25, -0.2) is 0 Å². The van der Waals surface area contributed by atoms with Crippen LogP contribution in [0.4, 0.5) is 0 Å². The van der Waals surface area contributed by atoms with E-state index in [2.05, 4.69) is 26.3 Å². The minimum absolute atomic E-state index is 1.64. The fourth-order valence-corrected chi connectivity index (χ4v) is 0.157. The second kappa shape index (κ2) is 15.6. The molecule has 0 atom stereocenters. The van der Waals surface area contributed by atoms with Crippen molar-refractivity contribution in [3.63, 3.8) is 0 Å². The van der Waals surface area contributed by atoms with E-state index >= 15 is 0 Å². The molecule has 0 nitrogen and oxygen atoms in total. The van der Waals surface area contributed by atoms with Crippen LogP contribution in [0, 0.1) is 0 Å². The normalized spacial score (nSPS) is 7.20. The Labute approximate surface area is 63.6 Å². The Hall–Kier alpha value is -1.30. The standard InChI is InChI=1S/C6H8.C4H6/c1-3-5-6-4-2;1-3-4-2/h3-6H,1-2H2;3-4H,1-2H2. The maximum absolute atomic E-state index is 3.46. The lowest BCUT2D eigenvalue weighted by Gasteiger charge is -1.60. The summed E-state index contributed by atoms with van der Waals surface area (Å²) in [6.07, 6.45) is 10.4. The Bertz CT molecular complexity index is 111. The van der Waals surface area contributed by atoms with E-state index in [0.717, 1.165) is 0 Å². The smallest absolute Gasteiger partial charge is 0.0629 e. The Balaban J connectivity index is 0. The Kier molecular flexibility index (Phi) is 18.0. The summed E-state index contributed by atoms with van der Waals surface area (Å²) in [5, 5.41) is 0. The molecule has 0 radical (unpaired) electrons. The van der Waals surface area contributed by atoms with Crippen molar-refractivity contribution in [2.24, 2.45) is 0 Å². The van der Waals surface area contributed by atoms with Crippen molar-refractivity contribution in [2.45, 2.75) is 0 Å². The van der Waals surface area contributed by atoms with Gasteiger partial charge >= 0.3 is 0 Å². The van der Waals surface area contributed by atoms with Crippen LogP contribution >= 0.6 is 0 Å². The third-order valence-electron chi connectivity index (χ3n) is 0.550. The summed E-state index contributed by atoms with van der Waals surface area (Å²) in [5.74, 6) is 0. The molecule has 0 fully saturated rings. The second-order valence-corrected chi connectivity index (χ2v) is 1.33. The molecule has 10 heavy (non-hydrogen) atoms. The zero-order chi connectivity index (χ0) is 8.24. The first-order valence-electron chi connectivity index (χ1n) is 2.97. The van der Waals surface area contributed by atoms with Crippen molar-refractivity contribution < 1.29 is 0 Å². The number of rotatable bonds is 3. The molecule has 0 aliphatic heterocycles. The van der Waals surface area contributed by atoms with Crippen LogP contribution in [0.5, 0.6) is 0 Å². The molecule has 0 aromatic heterocycles. The van der Waals surface area contributed by atoms with Gasteiger partial charge in [-0.15, -0.1) is 0 Å². The van der Waals surface area contributed by atoms with Gasteiger partial charge in [0.05, 0.1) is 0 Å². The second-order valence-electron chi connectivity index (χ2n) is 1.33. The lowest BCUT2D eigenvalue weighted by Crippen LogP contribution is -1.38. The maximum atomic E-state index is 3.46. The van der Waals surface area contributed by atoms with E-state index in [0.29, 0.717) is 0 Å². The van der Waals surface area contributed by atoms with Crippen LogP contribution in [0.15, 0.2) is 62.8 Å². The van der Waals surface area contributed by atoms with Gasteiger partial charge in [-0.3, -0.25) is 0 Å².